The first-order valence-corrected chi connectivity index (χ1v) is 11.5. The molecule has 0 aliphatic carbocycles. The number of rotatable bonds is 10. The number of thioether (sulfide) groups is 1. The van der Waals surface area contributed by atoms with Crippen LogP contribution in [0.1, 0.15) is 18.1 Å². The highest BCUT2D eigenvalue weighted by atomic mass is 32.2. The van der Waals surface area contributed by atoms with Crippen molar-refractivity contribution in [3.05, 3.63) is 66.0 Å². The van der Waals surface area contributed by atoms with Crippen LogP contribution in [-0.4, -0.2) is 44.0 Å². The van der Waals surface area contributed by atoms with E-state index < -0.39 is 38.8 Å². The predicted molar refractivity (Wildman–Crippen MR) is 108 cm³/mol. The van der Waals surface area contributed by atoms with Crippen LogP contribution < -0.4 is 10.0 Å². The van der Waals surface area contributed by atoms with Crippen LogP contribution in [0, 0.1) is 5.82 Å². The van der Waals surface area contributed by atoms with Gasteiger partial charge in [0.25, 0.3) is 0 Å². The molecule has 3 N–H and O–H groups in total. The lowest BCUT2D eigenvalue weighted by Gasteiger charge is -2.20. The molecule has 1 amide bonds. The molecule has 2 aromatic carbocycles. The smallest absolute Gasteiger partial charge is 0.244 e. The van der Waals surface area contributed by atoms with E-state index in [9.17, 15) is 22.7 Å². The van der Waals surface area contributed by atoms with E-state index in [1.807, 2.05) is 12.3 Å². The molecule has 2 aromatic rings. The number of aliphatic hydroxyl groups is 1. The molecule has 0 aliphatic heterocycles. The van der Waals surface area contributed by atoms with Gasteiger partial charge in [-0.25, -0.2) is 12.8 Å². The van der Waals surface area contributed by atoms with Gasteiger partial charge < -0.3 is 10.4 Å². The van der Waals surface area contributed by atoms with Crippen molar-refractivity contribution in [3.63, 3.8) is 0 Å². The van der Waals surface area contributed by atoms with Gasteiger partial charge in [0, 0.05) is 6.54 Å². The molecule has 0 saturated heterocycles. The largest absolute Gasteiger partial charge is 0.387 e. The van der Waals surface area contributed by atoms with Gasteiger partial charge in [-0.1, -0.05) is 42.5 Å². The van der Waals surface area contributed by atoms with Crippen molar-refractivity contribution in [1.29, 1.82) is 0 Å². The lowest BCUT2D eigenvalue weighted by molar-refractivity contribution is -0.123. The Morgan fingerprint density at radius 2 is 1.79 bits per heavy atom. The summed E-state index contributed by atoms with van der Waals surface area (Å²) in [4.78, 5) is 12.0. The highest BCUT2D eigenvalue weighted by molar-refractivity contribution is 7.98. The lowest BCUT2D eigenvalue weighted by atomic mass is 10.1. The second-order valence-electron chi connectivity index (χ2n) is 6.06. The number of hydrogen-bond donors (Lipinski definition) is 3. The highest BCUT2D eigenvalue weighted by Crippen LogP contribution is 2.15. The van der Waals surface area contributed by atoms with Crippen LogP contribution >= 0.6 is 11.8 Å². The van der Waals surface area contributed by atoms with Crippen molar-refractivity contribution < 1.29 is 22.7 Å². The van der Waals surface area contributed by atoms with Gasteiger partial charge in [-0.15, -0.1) is 0 Å². The first-order valence-electron chi connectivity index (χ1n) is 8.61. The molecule has 0 bridgehead atoms. The maximum Gasteiger partial charge on any atom is 0.244 e. The first-order chi connectivity index (χ1) is 13.3. The van der Waals surface area contributed by atoms with Gasteiger partial charge in [0.05, 0.1) is 6.10 Å². The first kappa shape index (κ1) is 22.4. The van der Waals surface area contributed by atoms with Crippen molar-refractivity contribution in [2.75, 3.05) is 18.6 Å². The molecule has 9 heteroatoms. The maximum absolute atomic E-state index is 13.9. The number of nitrogens with one attached hydrogen (secondary N) is 2. The summed E-state index contributed by atoms with van der Waals surface area (Å²) >= 11 is 1.46. The minimum absolute atomic E-state index is 0.0694. The molecule has 0 saturated carbocycles. The van der Waals surface area contributed by atoms with Crippen LogP contribution in [0.3, 0.4) is 0 Å². The Morgan fingerprint density at radius 1 is 1.14 bits per heavy atom. The van der Waals surface area contributed by atoms with Crippen LogP contribution in [0.2, 0.25) is 0 Å². The number of halogens is 1. The van der Waals surface area contributed by atoms with Crippen LogP contribution in [-0.2, 0) is 14.8 Å². The Bertz CT molecular complexity index is 879. The van der Waals surface area contributed by atoms with Crippen LogP contribution in [0.15, 0.2) is 59.5 Å². The van der Waals surface area contributed by atoms with E-state index >= 15 is 0 Å². The van der Waals surface area contributed by atoms with Gasteiger partial charge in [0.2, 0.25) is 15.9 Å². The number of carbonyl (C=O) groups excluding carboxylic acids is 1. The van der Waals surface area contributed by atoms with Crippen molar-refractivity contribution >= 4 is 27.7 Å². The third-order valence-electron chi connectivity index (χ3n) is 4.00. The zero-order valence-corrected chi connectivity index (χ0v) is 17.0. The van der Waals surface area contributed by atoms with E-state index in [4.69, 9.17) is 0 Å². The highest BCUT2D eigenvalue weighted by Gasteiger charge is 2.27. The van der Waals surface area contributed by atoms with E-state index in [-0.39, 0.29) is 13.0 Å². The summed E-state index contributed by atoms with van der Waals surface area (Å²) < 4.78 is 41.2. The Morgan fingerprint density at radius 3 is 2.43 bits per heavy atom. The summed E-state index contributed by atoms with van der Waals surface area (Å²) in [5, 5.41) is 12.7. The van der Waals surface area contributed by atoms with Gasteiger partial charge in [0.1, 0.15) is 16.8 Å². The average molecular weight is 427 g/mol. The monoisotopic (exact) mass is 426 g/mol. The Balaban J connectivity index is 2.07. The van der Waals surface area contributed by atoms with Crippen LogP contribution in [0.25, 0.3) is 0 Å². The Kier molecular flexibility index (Phi) is 8.43. The van der Waals surface area contributed by atoms with E-state index in [1.165, 1.54) is 23.9 Å². The molecule has 2 atom stereocenters. The molecule has 0 spiro atoms. The third kappa shape index (κ3) is 6.30. The fourth-order valence-corrected chi connectivity index (χ4v) is 4.29. The standard InChI is InChI=1S/C19H23FN2O4S2/c1-27-12-11-16(22-28(25,26)18-10-6-5-9-15(18)20)19(24)21-13-17(23)14-7-3-2-4-8-14/h2-10,16-17,22-23H,11-13H2,1H3,(H,21,24). The number of amides is 1. The normalized spacial score (nSPS) is 13.7. The van der Waals surface area contributed by atoms with Gasteiger partial charge in [-0.2, -0.15) is 16.5 Å². The van der Waals surface area contributed by atoms with Crippen molar-refractivity contribution in [2.24, 2.45) is 0 Å². The number of benzene rings is 2. The molecule has 152 valence electrons. The second-order valence-corrected chi connectivity index (χ2v) is 8.73. The van der Waals surface area contributed by atoms with E-state index in [2.05, 4.69) is 10.0 Å². The number of aliphatic hydroxyl groups excluding tert-OH is 1. The van der Waals surface area contributed by atoms with E-state index in [0.717, 1.165) is 12.1 Å². The van der Waals surface area contributed by atoms with E-state index in [1.54, 1.807) is 24.3 Å². The number of hydrogen-bond acceptors (Lipinski definition) is 5. The molecule has 0 aliphatic rings. The van der Waals surface area contributed by atoms with Crippen molar-refractivity contribution in [2.45, 2.75) is 23.5 Å². The van der Waals surface area contributed by atoms with E-state index in [0.29, 0.717) is 11.3 Å². The fourth-order valence-electron chi connectivity index (χ4n) is 2.51. The molecule has 28 heavy (non-hydrogen) atoms. The van der Waals surface area contributed by atoms with Crippen LogP contribution in [0.5, 0.6) is 0 Å². The fraction of sp³-hybridized carbons (Fsp3) is 0.316. The average Bonchev–Trinajstić information content (AvgIpc) is 2.69. The predicted octanol–water partition coefficient (Wildman–Crippen LogP) is 2.08. The maximum atomic E-state index is 13.9. The lowest BCUT2D eigenvalue weighted by Crippen LogP contribution is -2.48. The second kappa shape index (κ2) is 10.6. The number of carbonyl (C=O) groups is 1. The summed E-state index contributed by atoms with van der Waals surface area (Å²) in [6.07, 6.45) is 1.14. The van der Waals surface area contributed by atoms with Gasteiger partial charge in [0.15, 0.2) is 0 Å². The Hall–Kier alpha value is -1.94. The molecule has 2 rings (SSSR count). The summed E-state index contributed by atoms with van der Waals surface area (Å²) in [6.45, 7) is -0.0694. The summed E-state index contributed by atoms with van der Waals surface area (Å²) in [5.74, 6) is -0.943. The Labute approximate surface area is 168 Å². The molecule has 0 fully saturated rings. The van der Waals surface area contributed by atoms with Crippen molar-refractivity contribution in [3.8, 4) is 0 Å². The molecular weight excluding hydrogens is 403 g/mol. The van der Waals surface area contributed by atoms with Gasteiger partial charge >= 0.3 is 0 Å². The quantitative estimate of drug-likeness (QED) is 0.541. The molecule has 0 aromatic heterocycles. The molecule has 0 radical (unpaired) electrons. The topological polar surface area (TPSA) is 95.5 Å². The molecule has 0 heterocycles. The SMILES string of the molecule is CSCCC(NS(=O)(=O)c1ccccc1F)C(=O)NCC(O)c1ccccc1. The zero-order chi connectivity index (χ0) is 20.6. The van der Waals surface area contributed by atoms with Gasteiger partial charge in [-0.3, -0.25) is 4.79 Å². The molecular formula is C19H23FN2O4S2. The van der Waals surface area contributed by atoms with Crippen LogP contribution in [0.4, 0.5) is 4.39 Å². The summed E-state index contributed by atoms with van der Waals surface area (Å²) in [5.41, 5.74) is 0.635. The van der Waals surface area contributed by atoms with Gasteiger partial charge in [-0.05, 0) is 36.1 Å². The molecule has 2 unspecified atom stereocenters. The minimum atomic E-state index is -4.21. The third-order valence-corrected chi connectivity index (χ3v) is 6.15. The van der Waals surface area contributed by atoms with Crippen molar-refractivity contribution in [1.82, 2.24) is 10.0 Å². The minimum Gasteiger partial charge on any atom is -0.387 e. The number of sulfonamides is 1. The summed E-state index contributed by atoms with van der Waals surface area (Å²) in [7, 11) is -4.21. The molecule has 6 nitrogen and oxygen atoms in total. The zero-order valence-electron chi connectivity index (χ0n) is 15.3. The summed E-state index contributed by atoms with van der Waals surface area (Å²) in [6, 6.07) is 12.7.